The van der Waals surface area contributed by atoms with Crippen LogP contribution in [0.1, 0.15) is 20.3 Å². The van der Waals surface area contributed by atoms with Crippen molar-refractivity contribution in [3.63, 3.8) is 0 Å². The van der Waals surface area contributed by atoms with Crippen molar-refractivity contribution in [2.24, 2.45) is 10.8 Å². The van der Waals surface area contributed by atoms with E-state index in [4.69, 9.17) is 5.73 Å². The fraction of sp³-hybridized carbons (Fsp3) is 0.667. The van der Waals surface area contributed by atoms with Gasteiger partial charge >= 0.3 is 5.17 Å². The van der Waals surface area contributed by atoms with Crippen molar-refractivity contribution >= 4 is 22.6 Å². The lowest BCUT2D eigenvalue weighted by Crippen LogP contribution is -2.68. The van der Waals surface area contributed by atoms with Crippen molar-refractivity contribution in [2.75, 3.05) is 6.26 Å². The molecule has 0 aliphatic rings. The topological polar surface area (TPSA) is 52.3 Å². The Morgan fingerprint density at radius 3 is 2.70 bits per heavy atom. The molecule has 0 unspecified atom stereocenters. The molecule has 0 bridgehead atoms. The van der Waals surface area contributed by atoms with Crippen LogP contribution in [0.5, 0.6) is 0 Å². The minimum Gasteiger partial charge on any atom is -0.280 e. The number of nitrogens with two attached hydrogens (primary N) is 1. The van der Waals surface area contributed by atoms with Gasteiger partial charge in [0.1, 0.15) is 0 Å². The first-order valence-electron chi connectivity index (χ1n) is 3.16. The highest BCUT2D eigenvalue weighted by Crippen LogP contribution is 1.81. The lowest BCUT2D eigenvalue weighted by Gasteiger charge is -1.86. The molecule has 0 rings (SSSR count). The second kappa shape index (κ2) is 5.29. The maximum Gasteiger partial charge on any atom is 0.326 e. The van der Waals surface area contributed by atoms with Gasteiger partial charge in [-0.1, -0.05) is 12.0 Å². The number of hydrogen-bond donors (Lipinski definition) is 2. The van der Waals surface area contributed by atoms with Crippen LogP contribution in [0.25, 0.3) is 0 Å². The normalized spacial score (nSPS) is 13.9. The molecule has 0 aliphatic carbocycles. The molecule has 3 N–H and O–H groups in total. The van der Waals surface area contributed by atoms with E-state index in [0.717, 1.165) is 12.1 Å². The smallest absolute Gasteiger partial charge is 0.280 e. The SMILES string of the molecule is CCC(C)=N[NH+]=C(N)SC. The zero-order valence-corrected chi connectivity index (χ0v) is 7.46. The van der Waals surface area contributed by atoms with Gasteiger partial charge in [-0.05, 0) is 31.4 Å². The summed E-state index contributed by atoms with van der Waals surface area (Å²) in [5, 5.41) is 7.36. The van der Waals surface area contributed by atoms with Gasteiger partial charge < -0.3 is 0 Å². The van der Waals surface area contributed by atoms with Crippen molar-refractivity contribution in [3.05, 3.63) is 0 Å². The summed E-state index contributed by atoms with van der Waals surface area (Å²) in [6.45, 7) is 4.01. The summed E-state index contributed by atoms with van der Waals surface area (Å²) in [5.74, 6) is 0. The molecular weight excluding hydrogens is 146 g/mol. The van der Waals surface area contributed by atoms with Crippen LogP contribution in [-0.2, 0) is 0 Å². The molecule has 0 saturated carbocycles. The third-order valence-electron chi connectivity index (χ3n) is 1.09. The summed E-state index contributed by atoms with van der Waals surface area (Å²) >= 11 is 1.45. The molecule has 0 aromatic carbocycles. The molecule has 0 aromatic heterocycles. The third-order valence-corrected chi connectivity index (χ3v) is 1.62. The van der Waals surface area contributed by atoms with Crippen molar-refractivity contribution in [1.29, 1.82) is 0 Å². The minimum atomic E-state index is 0.632. The molecule has 0 heterocycles. The van der Waals surface area contributed by atoms with Gasteiger partial charge in [-0.3, -0.25) is 5.73 Å². The lowest BCUT2D eigenvalue weighted by atomic mass is 10.3. The Kier molecular flexibility index (Phi) is 5.02. The molecule has 58 valence electrons. The fourth-order valence-corrected chi connectivity index (χ4v) is 0.412. The second-order valence-electron chi connectivity index (χ2n) is 1.88. The Hall–Kier alpha value is -0.510. The van der Waals surface area contributed by atoms with E-state index in [-0.39, 0.29) is 0 Å². The summed E-state index contributed by atoms with van der Waals surface area (Å²) in [5.41, 5.74) is 6.49. The maximum atomic E-state index is 5.44. The van der Waals surface area contributed by atoms with E-state index < -0.39 is 0 Å². The Morgan fingerprint density at radius 2 is 2.30 bits per heavy atom. The summed E-state index contributed by atoms with van der Waals surface area (Å²) in [4.78, 5) is 0. The molecule has 0 spiro atoms. The molecule has 10 heavy (non-hydrogen) atoms. The number of nitrogens with one attached hydrogen (secondary N) is 1. The van der Waals surface area contributed by atoms with Crippen LogP contribution < -0.4 is 10.8 Å². The number of hydrazone groups is 1. The first-order chi connectivity index (χ1) is 4.70. The summed E-state index contributed by atoms with van der Waals surface area (Å²) in [6.07, 6.45) is 2.85. The number of amidine groups is 1. The van der Waals surface area contributed by atoms with Gasteiger partial charge in [-0.25, -0.2) is 0 Å². The lowest BCUT2D eigenvalue weighted by molar-refractivity contribution is -0.460. The quantitative estimate of drug-likeness (QED) is 0.326. The van der Waals surface area contributed by atoms with Crippen LogP contribution in [0.3, 0.4) is 0 Å². The van der Waals surface area contributed by atoms with Gasteiger partial charge in [0.2, 0.25) is 0 Å². The number of rotatable bonds is 2. The van der Waals surface area contributed by atoms with Crippen LogP contribution >= 0.6 is 11.8 Å². The van der Waals surface area contributed by atoms with Gasteiger partial charge in [-0.2, -0.15) is 0 Å². The minimum absolute atomic E-state index is 0.632. The molecule has 0 atom stereocenters. The zero-order valence-electron chi connectivity index (χ0n) is 6.64. The largest absolute Gasteiger partial charge is 0.326 e. The molecule has 0 aliphatic heterocycles. The van der Waals surface area contributed by atoms with Gasteiger partial charge in [0, 0.05) is 0 Å². The molecule has 0 saturated heterocycles. The molecule has 0 fully saturated rings. The number of nitrogens with zero attached hydrogens (tertiary/aromatic N) is 1. The predicted molar refractivity (Wildman–Crippen MR) is 47.1 cm³/mol. The monoisotopic (exact) mass is 160 g/mol. The van der Waals surface area contributed by atoms with Crippen LogP contribution in [0.4, 0.5) is 0 Å². The molecule has 0 amide bonds. The highest BCUT2D eigenvalue weighted by molar-refractivity contribution is 8.12. The van der Waals surface area contributed by atoms with Gasteiger partial charge in [0.25, 0.3) is 0 Å². The summed E-state index contributed by atoms with van der Waals surface area (Å²) < 4.78 is 0. The van der Waals surface area contributed by atoms with Crippen LogP contribution in [-0.4, -0.2) is 17.1 Å². The van der Waals surface area contributed by atoms with Gasteiger partial charge in [0.05, 0.1) is 5.71 Å². The van der Waals surface area contributed by atoms with E-state index in [1.54, 1.807) is 0 Å². The van der Waals surface area contributed by atoms with E-state index >= 15 is 0 Å². The Labute approximate surface area is 65.8 Å². The number of hydrogen-bond acceptors (Lipinski definition) is 2. The van der Waals surface area contributed by atoms with Gasteiger partial charge in [-0.15, -0.1) is 5.10 Å². The Balaban J connectivity index is 3.91. The van der Waals surface area contributed by atoms with Crippen molar-refractivity contribution < 1.29 is 5.10 Å². The second-order valence-corrected chi connectivity index (χ2v) is 2.73. The Bertz CT molecular complexity index is 133. The van der Waals surface area contributed by atoms with Crippen LogP contribution in [0, 0.1) is 0 Å². The van der Waals surface area contributed by atoms with E-state index in [1.807, 2.05) is 13.2 Å². The van der Waals surface area contributed by atoms with E-state index in [2.05, 4.69) is 17.1 Å². The summed E-state index contributed by atoms with van der Waals surface area (Å²) in [7, 11) is 0. The average Bonchev–Trinajstić information content (AvgIpc) is 1.99. The predicted octanol–water partition coefficient (Wildman–Crippen LogP) is -0.469. The summed E-state index contributed by atoms with van der Waals surface area (Å²) in [6, 6.07) is 0. The zero-order chi connectivity index (χ0) is 7.98. The molecular formula is C6H14N3S+. The first kappa shape index (κ1) is 9.49. The van der Waals surface area contributed by atoms with E-state index in [0.29, 0.717) is 5.17 Å². The maximum absolute atomic E-state index is 5.44. The van der Waals surface area contributed by atoms with Crippen molar-refractivity contribution in [2.45, 2.75) is 20.3 Å². The molecule has 4 heteroatoms. The fourth-order valence-electron chi connectivity index (χ4n) is 0.275. The first-order valence-corrected chi connectivity index (χ1v) is 4.38. The number of thioether (sulfide) groups is 1. The Morgan fingerprint density at radius 1 is 1.70 bits per heavy atom. The van der Waals surface area contributed by atoms with Gasteiger partial charge in [0.15, 0.2) is 0 Å². The average molecular weight is 160 g/mol. The van der Waals surface area contributed by atoms with Crippen molar-refractivity contribution in [3.8, 4) is 0 Å². The highest BCUT2D eigenvalue weighted by Gasteiger charge is 1.91. The van der Waals surface area contributed by atoms with Crippen LogP contribution in [0.2, 0.25) is 0 Å². The van der Waals surface area contributed by atoms with E-state index in [1.165, 1.54) is 11.8 Å². The molecule has 0 radical (unpaired) electrons. The van der Waals surface area contributed by atoms with Crippen LogP contribution in [0.15, 0.2) is 5.10 Å². The molecule has 0 aromatic rings. The standard InChI is InChI=1S/C6H13N3S/c1-4-5(2)8-9-6(7)10-3/h4H2,1-3H3,(H2,7,9)/p+1. The third kappa shape index (κ3) is 4.38. The molecule has 3 nitrogen and oxygen atoms in total. The van der Waals surface area contributed by atoms with Crippen molar-refractivity contribution in [1.82, 2.24) is 0 Å². The van der Waals surface area contributed by atoms with E-state index in [9.17, 15) is 0 Å². The highest BCUT2D eigenvalue weighted by atomic mass is 32.2.